The fraction of sp³-hybridized carbons (Fsp3) is 0.300. The van der Waals surface area contributed by atoms with Gasteiger partial charge in [-0.15, -0.1) is 0 Å². The predicted molar refractivity (Wildman–Crippen MR) is 54.8 cm³/mol. The third-order valence-corrected chi connectivity index (χ3v) is 2.82. The van der Waals surface area contributed by atoms with Crippen molar-refractivity contribution in [2.45, 2.75) is 19.3 Å². The van der Waals surface area contributed by atoms with Gasteiger partial charge >= 0.3 is 5.97 Å². The molecule has 1 N–H and O–H groups in total. The number of hydrogen-bond donors (Lipinski definition) is 1. The Balaban J connectivity index is 3.21. The third-order valence-electron chi connectivity index (χ3n) is 2.18. The molecule has 14 heavy (non-hydrogen) atoms. The molecule has 0 bridgehead atoms. The Morgan fingerprint density at radius 1 is 1.50 bits per heavy atom. The summed E-state index contributed by atoms with van der Waals surface area (Å²) in [4.78, 5) is 10.9. The number of rotatable bonds is 2. The van der Waals surface area contributed by atoms with E-state index in [1.165, 1.54) is 26.0 Å². The smallest absolute Gasteiger partial charge is 0.313 e. The lowest BCUT2D eigenvalue weighted by Crippen LogP contribution is -2.28. The Hall–Kier alpha value is -0.900. The van der Waals surface area contributed by atoms with E-state index in [1.54, 1.807) is 6.07 Å². The highest BCUT2D eigenvalue weighted by Crippen LogP contribution is 2.26. The molecule has 0 atom stereocenters. The molecule has 0 unspecified atom stereocenters. The quantitative estimate of drug-likeness (QED) is 0.888. The molecule has 0 aliphatic carbocycles. The molecule has 0 aromatic heterocycles. The molecule has 0 amide bonds. The van der Waals surface area contributed by atoms with Gasteiger partial charge in [-0.05, 0) is 47.5 Å². The summed E-state index contributed by atoms with van der Waals surface area (Å²) in [5.41, 5.74) is -0.618. The van der Waals surface area contributed by atoms with Gasteiger partial charge in [-0.2, -0.15) is 0 Å². The van der Waals surface area contributed by atoms with Crippen molar-refractivity contribution in [2.24, 2.45) is 0 Å². The summed E-state index contributed by atoms with van der Waals surface area (Å²) < 4.78 is 13.5. The van der Waals surface area contributed by atoms with Gasteiger partial charge in [-0.1, -0.05) is 6.07 Å². The van der Waals surface area contributed by atoms with Crippen LogP contribution in [0.25, 0.3) is 0 Å². The molecule has 2 nitrogen and oxygen atoms in total. The van der Waals surface area contributed by atoms with Crippen molar-refractivity contribution >= 4 is 21.9 Å². The number of carboxylic acids is 1. The molecule has 4 heteroatoms. The van der Waals surface area contributed by atoms with Gasteiger partial charge in [0.05, 0.1) is 9.89 Å². The SMILES string of the molecule is CC(C)(C(=O)O)c1ccc(Br)c(F)c1. The number of hydrogen-bond acceptors (Lipinski definition) is 1. The topological polar surface area (TPSA) is 37.3 Å². The Morgan fingerprint density at radius 3 is 2.50 bits per heavy atom. The van der Waals surface area contributed by atoms with E-state index in [0.29, 0.717) is 10.0 Å². The monoisotopic (exact) mass is 260 g/mol. The van der Waals surface area contributed by atoms with Crippen molar-refractivity contribution in [3.8, 4) is 0 Å². The van der Waals surface area contributed by atoms with E-state index in [1.807, 2.05) is 0 Å². The fourth-order valence-corrected chi connectivity index (χ4v) is 1.25. The van der Waals surface area contributed by atoms with Gasteiger partial charge in [0.1, 0.15) is 5.82 Å². The van der Waals surface area contributed by atoms with Crippen molar-refractivity contribution in [2.75, 3.05) is 0 Å². The first-order valence-electron chi connectivity index (χ1n) is 4.04. The van der Waals surface area contributed by atoms with Crippen LogP contribution in [0.2, 0.25) is 0 Å². The largest absolute Gasteiger partial charge is 0.481 e. The first-order valence-corrected chi connectivity index (χ1v) is 4.84. The zero-order chi connectivity index (χ0) is 10.9. The summed E-state index contributed by atoms with van der Waals surface area (Å²) in [6, 6.07) is 4.34. The number of halogens is 2. The molecule has 0 radical (unpaired) electrons. The third kappa shape index (κ3) is 1.95. The highest BCUT2D eigenvalue weighted by molar-refractivity contribution is 9.10. The van der Waals surface area contributed by atoms with Crippen LogP contribution in [0.4, 0.5) is 4.39 Å². The maximum Gasteiger partial charge on any atom is 0.313 e. The number of aliphatic carboxylic acids is 1. The van der Waals surface area contributed by atoms with Gasteiger partial charge in [0, 0.05) is 0 Å². The second-order valence-corrected chi connectivity index (χ2v) is 4.41. The lowest BCUT2D eigenvalue weighted by molar-refractivity contribution is -0.142. The van der Waals surface area contributed by atoms with Gasteiger partial charge in [0.15, 0.2) is 0 Å². The van der Waals surface area contributed by atoms with Crippen LogP contribution in [0.1, 0.15) is 19.4 Å². The van der Waals surface area contributed by atoms with Crippen LogP contribution in [-0.4, -0.2) is 11.1 Å². The van der Waals surface area contributed by atoms with Crippen LogP contribution in [-0.2, 0) is 10.2 Å². The molecule has 1 rings (SSSR count). The van der Waals surface area contributed by atoms with Crippen molar-refractivity contribution in [1.82, 2.24) is 0 Å². The first kappa shape index (κ1) is 11.2. The highest BCUT2D eigenvalue weighted by atomic mass is 79.9. The minimum Gasteiger partial charge on any atom is -0.481 e. The van der Waals surface area contributed by atoms with Crippen LogP contribution < -0.4 is 0 Å². The van der Waals surface area contributed by atoms with Gasteiger partial charge in [-0.3, -0.25) is 4.79 Å². The average molecular weight is 261 g/mol. The number of carbonyl (C=O) groups is 1. The van der Waals surface area contributed by atoms with E-state index < -0.39 is 17.2 Å². The summed E-state index contributed by atoms with van der Waals surface area (Å²) in [5.74, 6) is -1.42. The van der Waals surface area contributed by atoms with E-state index in [-0.39, 0.29) is 0 Å². The molecule has 0 saturated carbocycles. The molecular formula is C10H10BrFO2. The van der Waals surface area contributed by atoms with Crippen LogP contribution in [0, 0.1) is 5.82 Å². The lowest BCUT2D eigenvalue weighted by atomic mass is 9.85. The van der Waals surface area contributed by atoms with E-state index in [9.17, 15) is 9.18 Å². The summed E-state index contributed by atoms with van der Waals surface area (Å²) in [7, 11) is 0. The molecule has 0 aliphatic heterocycles. The molecule has 0 spiro atoms. The van der Waals surface area contributed by atoms with Crippen LogP contribution in [0.15, 0.2) is 22.7 Å². The predicted octanol–water partition coefficient (Wildman–Crippen LogP) is 2.95. The molecule has 0 fully saturated rings. The molecule has 0 saturated heterocycles. The standard InChI is InChI=1S/C10H10BrFO2/c1-10(2,9(13)14)6-3-4-7(11)8(12)5-6/h3-5H,1-2H3,(H,13,14). The maximum atomic E-state index is 13.1. The normalized spacial score (nSPS) is 11.4. The maximum absolute atomic E-state index is 13.1. The molecule has 0 aliphatic rings. The first-order chi connectivity index (χ1) is 6.35. The Kier molecular flexibility index (Phi) is 2.95. The molecular weight excluding hydrogens is 251 g/mol. The number of benzene rings is 1. The van der Waals surface area contributed by atoms with E-state index >= 15 is 0 Å². The van der Waals surface area contributed by atoms with Crippen molar-refractivity contribution in [1.29, 1.82) is 0 Å². The van der Waals surface area contributed by atoms with Crippen LogP contribution in [0.5, 0.6) is 0 Å². The Labute approximate surface area is 89.9 Å². The summed E-state index contributed by atoms with van der Waals surface area (Å²) in [6.07, 6.45) is 0. The second-order valence-electron chi connectivity index (χ2n) is 3.56. The highest BCUT2D eigenvalue weighted by Gasteiger charge is 2.29. The van der Waals surface area contributed by atoms with E-state index in [2.05, 4.69) is 15.9 Å². The summed E-state index contributed by atoms with van der Waals surface area (Å²) in [6.45, 7) is 3.08. The average Bonchev–Trinajstić information content (AvgIpc) is 2.09. The molecule has 0 heterocycles. The van der Waals surface area contributed by atoms with Gasteiger partial charge in [0.2, 0.25) is 0 Å². The zero-order valence-corrected chi connectivity index (χ0v) is 9.43. The van der Waals surface area contributed by atoms with Crippen molar-refractivity contribution in [3.05, 3.63) is 34.1 Å². The molecule has 76 valence electrons. The van der Waals surface area contributed by atoms with E-state index in [4.69, 9.17) is 5.11 Å². The second kappa shape index (κ2) is 3.69. The van der Waals surface area contributed by atoms with E-state index in [0.717, 1.165) is 0 Å². The number of carboxylic acid groups (broad SMARTS) is 1. The molecule has 1 aromatic rings. The Morgan fingerprint density at radius 2 is 2.07 bits per heavy atom. The minimum atomic E-state index is -1.07. The fourth-order valence-electron chi connectivity index (χ4n) is 1.01. The van der Waals surface area contributed by atoms with Gasteiger partial charge in [0.25, 0.3) is 0 Å². The lowest BCUT2D eigenvalue weighted by Gasteiger charge is -2.19. The summed E-state index contributed by atoms with van der Waals surface area (Å²) >= 11 is 3.01. The van der Waals surface area contributed by atoms with Crippen LogP contribution >= 0.6 is 15.9 Å². The van der Waals surface area contributed by atoms with Crippen LogP contribution in [0.3, 0.4) is 0 Å². The molecule has 1 aromatic carbocycles. The van der Waals surface area contributed by atoms with Gasteiger partial charge < -0.3 is 5.11 Å². The van der Waals surface area contributed by atoms with Gasteiger partial charge in [-0.25, -0.2) is 4.39 Å². The van der Waals surface area contributed by atoms with Crippen molar-refractivity contribution < 1.29 is 14.3 Å². The van der Waals surface area contributed by atoms with Crippen molar-refractivity contribution in [3.63, 3.8) is 0 Å². The Bertz CT molecular complexity index is 374. The summed E-state index contributed by atoms with van der Waals surface area (Å²) in [5, 5.41) is 8.92. The zero-order valence-electron chi connectivity index (χ0n) is 7.84. The minimum absolute atomic E-state index is 0.336.